The van der Waals surface area contributed by atoms with E-state index in [-0.39, 0.29) is 0 Å². The van der Waals surface area contributed by atoms with E-state index in [0.29, 0.717) is 15.6 Å². The maximum absolute atomic E-state index is 10.2. The van der Waals surface area contributed by atoms with Crippen LogP contribution in [0, 0.1) is 2.88 Å². The van der Waals surface area contributed by atoms with Gasteiger partial charge in [-0.15, -0.1) is 11.3 Å². The fourth-order valence-corrected chi connectivity index (χ4v) is 3.18. The summed E-state index contributed by atoms with van der Waals surface area (Å²) in [5.41, 5.74) is 1.49. The summed E-state index contributed by atoms with van der Waals surface area (Å²) in [6, 6.07) is 7.21. The summed E-state index contributed by atoms with van der Waals surface area (Å²) in [6.45, 7) is 0. The van der Waals surface area contributed by atoms with E-state index in [1.54, 1.807) is 29.5 Å². The Morgan fingerprint density at radius 1 is 1.31 bits per heavy atom. The number of aliphatic hydroxyl groups is 1. The van der Waals surface area contributed by atoms with Crippen molar-refractivity contribution in [3.05, 3.63) is 53.7 Å². The number of aliphatic hydroxyl groups excluding tert-OH is 1. The maximum atomic E-state index is 10.2. The SMILES string of the molecule is OC(c1csc(I)c1)c1cccc(Cl)c1Cl. The van der Waals surface area contributed by atoms with Crippen molar-refractivity contribution < 1.29 is 5.11 Å². The second kappa shape index (κ2) is 5.23. The van der Waals surface area contributed by atoms with E-state index in [0.717, 1.165) is 8.45 Å². The molecule has 84 valence electrons. The summed E-state index contributed by atoms with van der Waals surface area (Å²) in [7, 11) is 0. The smallest absolute Gasteiger partial charge is 0.106 e. The standard InChI is InChI=1S/C11H7Cl2IOS/c12-8-3-1-2-7(10(8)13)11(15)6-4-9(14)16-5-6/h1-5,11,15H. The molecule has 0 spiro atoms. The van der Waals surface area contributed by atoms with Gasteiger partial charge in [0.1, 0.15) is 6.10 Å². The monoisotopic (exact) mass is 384 g/mol. The first kappa shape index (κ1) is 12.6. The predicted octanol–water partition coefficient (Wildman–Crippen LogP) is 4.74. The lowest BCUT2D eigenvalue weighted by Crippen LogP contribution is -1.99. The first-order valence-electron chi connectivity index (χ1n) is 4.45. The van der Waals surface area contributed by atoms with Gasteiger partial charge in [-0.25, -0.2) is 0 Å². The summed E-state index contributed by atoms with van der Waals surface area (Å²) in [5, 5.41) is 13.0. The molecule has 16 heavy (non-hydrogen) atoms. The Bertz CT molecular complexity index is 512. The van der Waals surface area contributed by atoms with Gasteiger partial charge in [-0.2, -0.15) is 0 Å². The minimum atomic E-state index is -0.717. The predicted molar refractivity (Wildman–Crippen MR) is 77.6 cm³/mol. The number of rotatable bonds is 2. The fourth-order valence-electron chi connectivity index (χ4n) is 1.38. The van der Waals surface area contributed by atoms with Gasteiger partial charge in [0.2, 0.25) is 0 Å². The fraction of sp³-hybridized carbons (Fsp3) is 0.0909. The van der Waals surface area contributed by atoms with Crippen molar-refractivity contribution in [1.82, 2.24) is 0 Å². The molecule has 0 saturated carbocycles. The Morgan fingerprint density at radius 3 is 2.69 bits per heavy atom. The van der Waals surface area contributed by atoms with E-state index < -0.39 is 6.10 Å². The van der Waals surface area contributed by atoms with Crippen molar-refractivity contribution in [1.29, 1.82) is 0 Å². The van der Waals surface area contributed by atoms with E-state index >= 15 is 0 Å². The molecule has 2 rings (SSSR count). The normalized spacial score (nSPS) is 12.8. The molecule has 5 heteroatoms. The van der Waals surface area contributed by atoms with Crippen molar-refractivity contribution in [2.24, 2.45) is 0 Å². The van der Waals surface area contributed by atoms with Crippen LogP contribution in [-0.4, -0.2) is 5.11 Å². The quantitative estimate of drug-likeness (QED) is 0.741. The van der Waals surface area contributed by atoms with E-state index in [2.05, 4.69) is 22.6 Å². The molecule has 1 heterocycles. The van der Waals surface area contributed by atoms with Crippen LogP contribution < -0.4 is 0 Å². The molecule has 1 aromatic heterocycles. The Kier molecular flexibility index (Phi) is 4.13. The topological polar surface area (TPSA) is 20.2 Å². The van der Waals surface area contributed by atoms with E-state index in [1.807, 2.05) is 11.4 Å². The highest BCUT2D eigenvalue weighted by atomic mass is 127. The van der Waals surface area contributed by atoms with Crippen molar-refractivity contribution in [3.8, 4) is 0 Å². The molecule has 1 unspecified atom stereocenters. The zero-order valence-corrected chi connectivity index (χ0v) is 12.4. The van der Waals surface area contributed by atoms with Crippen LogP contribution in [0.3, 0.4) is 0 Å². The van der Waals surface area contributed by atoms with Crippen molar-refractivity contribution in [2.75, 3.05) is 0 Å². The highest BCUT2D eigenvalue weighted by Gasteiger charge is 2.16. The largest absolute Gasteiger partial charge is 0.384 e. The molecule has 1 nitrogen and oxygen atoms in total. The summed E-state index contributed by atoms with van der Waals surface area (Å²) in [4.78, 5) is 0. The molecule has 0 aliphatic rings. The Morgan fingerprint density at radius 2 is 2.06 bits per heavy atom. The number of hydrogen-bond donors (Lipinski definition) is 1. The summed E-state index contributed by atoms with van der Waals surface area (Å²) in [6.07, 6.45) is -0.717. The third kappa shape index (κ3) is 2.54. The number of benzene rings is 1. The maximum Gasteiger partial charge on any atom is 0.106 e. The first-order valence-corrected chi connectivity index (χ1v) is 7.17. The third-order valence-corrected chi connectivity index (χ3v) is 4.82. The van der Waals surface area contributed by atoms with Crippen LogP contribution in [0.4, 0.5) is 0 Å². The molecule has 0 bridgehead atoms. The van der Waals surface area contributed by atoms with Gasteiger partial charge < -0.3 is 5.11 Å². The van der Waals surface area contributed by atoms with Gasteiger partial charge >= 0.3 is 0 Å². The molecule has 1 atom stereocenters. The van der Waals surface area contributed by atoms with Gasteiger partial charge in [0.15, 0.2) is 0 Å². The highest BCUT2D eigenvalue weighted by Crippen LogP contribution is 2.34. The molecule has 1 aromatic carbocycles. The van der Waals surface area contributed by atoms with Crippen molar-refractivity contribution in [3.63, 3.8) is 0 Å². The van der Waals surface area contributed by atoms with Crippen molar-refractivity contribution >= 4 is 57.1 Å². The lowest BCUT2D eigenvalue weighted by Gasteiger charge is -2.11. The van der Waals surface area contributed by atoms with Gasteiger partial charge in [-0.3, -0.25) is 0 Å². The first-order chi connectivity index (χ1) is 7.59. The van der Waals surface area contributed by atoms with Gasteiger partial charge in [0.25, 0.3) is 0 Å². The average molecular weight is 385 g/mol. The molecule has 0 aliphatic heterocycles. The van der Waals surface area contributed by atoms with Crippen LogP contribution >= 0.6 is 57.1 Å². The minimum absolute atomic E-state index is 0.415. The number of halogens is 3. The summed E-state index contributed by atoms with van der Waals surface area (Å²) in [5.74, 6) is 0. The number of hydrogen-bond acceptors (Lipinski definition) is 2. The van der Waals surface area contributed by atoms with Gasteiger partial charge in [-0.1, -0.05) is 35.3 Å². The highest BCUT2D eigenvalue weighted by molar-refractivity contribution is 14.1. The van der Waals surface area contributed by atoms with Gasteiger partial charge in [0, 0.05) is 5.56 Å². The molecule has 0 radical (unpaired) electrons. The van der Waals surface area contributed by atoms with E-state index in [1.165, 1.54) is 0 Å². The minimum Gasteiger partial charge on any atom is -0.384 e. The van der Waals surface area contributed by atoms with Gasteiger partial charge in [0.05, 0.1) is 12.9 Å². The van der Waals surface area contributed by atoms with E-state index in [9.17, 15) is 5.11 Å². The zero-order valence-electron chi connectivity index (χ0n) is 7.95. The second-order valence-electron chi connectivity index (χ2n) is 3.23. The molecule has 0 fully saturated rings. The van der Waals surface area contributed by atoms with Crippen LogP contribution in [0.2, 0.25) is 10.0 Å². The second-order valence-corrected chi connectivity index (χ2v) is 6.82. The van der Waals surface area contributed by atoms with Crippen LogP contribution in [-0.2, 0) is 0 Å². The summed E-state index contributed by atoms with van der Waals surface area (Å²) < 4.78 is 1.13. The molecule has 1 N–H and O–H groups in total. The van der Waals surface area contributed by atoms with Crippen LogP contribution in [0.5, 0.6) is 0 Å². The average Bonchev–Trinajstić information content (AvgIpc) is 2.68. The molecule has 2 aromatic rings. The molecule has 0 amide bonds. The van der Waals surface area contributed by atoms with Crippen molar-refractivity contribution in [2.45, 2.75) is 6.10 Å². The van der Waals surface area contributed by atoms with Crippen LogP contribution in [0.15, 0.2) is 29.6 Å². The zero-order chi connectivity index (χ0) is 11.7. The lowest BCUT2D eigenvalue weighted by molar-refractivity contribution is 0.221. The van der Waals surface area contributed by atoms with Crippen LogP contribution in [0.1, 0.15) is 17.2 Å². The lowest BCUT2D eigenvalue weighted by atomic mass is 10.0. The van der Waals surface area contributed by atoms with Gasteiger partial charge in [-0.05, 0) is 45.7 Å². The number of thiophene rings is 1. The van der Waals surface area contributed by atoms with Crippen LogP contribution in [0.25, 0.3) is 0 Å². The molecular weight excluding hydrogens is 378 g/mol. The Labute approximate surface area is 121 Å². The van der Waals surface area contributed by atoms with E-state index in [4.69, 9.17) is 23.2 Å². The third-order valence-electron chi connectivity index (χ3n) is 2.18. The molecule has 0 saturated heterocycles. The Hall–Kier alpha value is 0.190. The molecule has 0 aliphatic carbocycles. The summed E-state index contributed by atoms with van der Waals surface area (Å²) >= 11 is 15.8. The molecular formula is C11H7Cl2IOS. The Balaban J connectivity index is 2.41.